The van der Waals surface area contributed by atoms with Crippen LogP contribution in [0.15, 0.2) is 30.3 Å². The molecule has 4 heteroatoms. The molecule has 0 bridgehead atoms. The predicted octanol–water partition coefficient (Wildman–Crippen LogP) is 2.38. The van der Waals surface area contributed by atoms with Crippen molar-refractivity contribution in [2.45, 2.75) is 32.7 Å². The summed E-state index contributed by atoms with van der Waals surface area (Å²) in [6.07, 6.45) is 4.16. The average Bonchev–Trinajstić information content (AvgIpc) is 2.37. The molecule has 1 unspecified atom stereocenters. The molecule has 102 valence electrons. The normalized spacial score (nSPS) is 12.3. The Balaban J connectivity index is 2.58. The van der Waals surface area contributed by atoms with E-state index in [0.29, 0.717) is 12.8 Å². The molecule has 0 aromatic heterocycles. The lowest BCUT2D eigenvalue weighted by molar-refractivity contribution is -0.141. The summed E-state index contributed by atoms with van der Waals surface area (Å²) >= 11 is 0. The third-order valence-electron chi connectivity index (χ3n) is 2.70. The van der Waals surface area contributed by atoms with Crippen molar-refractivity contribution in [3.05, 3.63) is 41.5 Å². The summed E-state index contributed by atoms with van der Waals surface area (Å²) in [6.45, 7) is 3.87. The van der Waals surface area contributed by atoms with Crippen LogP contribution in [0.3, 0.4) is 0 Å². The molecule has 1 rings (SSSR count). The van der Waals surface area contributed by atoms with Gasteiger partial charge >= 0.3 is 5.97 Å². The van der Waals surface area contributed by atoms with Gasteiger partial charge in [-0.1, -0.05) is 43.2 Å². The Morgan fingerprint density at radius 3 is 2.47 bits per heavy atom. The van der Waals surface area contributed by atoms with Crippen LogP contribution >= 0.6 is 0 Å². The van der Waals surface area contributed by atoms with E-state index < -0.39 is 12.0 Å². The van der Waals surface area contributed by atoms with Gasteiger partial charge in [-0.3, -0.25) is 4.79 Å². The first-order chi connectivity index (χ1) is 9.02. The highest BCUT2D eigenvalue weighted by Gasteiger charge is 2.17. The number of hydrogen-bond acceptors (Lipinski definition) is 2. The van der Waals surface area contributed by atoms with Gasteiger partial charge in [0.25, 0.3) is 0 Å². The van der Waals surface area contributed by atoms with Gasteiger partial charge in [0.15, 0.2) is 0 Å². The van der Waals surface area contributed by atoms with Crippen molar-refractivity contribution in [3.8, 4) is 0 Å². The van der Waals surface area contributed by atoms with E-state index in [1.165, 1.54) is 6.08 Å². The SMILES string of the molecule is CCCC(NC(=O)/C=C/c1ccc(C)cc1)C(=O)O. The number of aliphatic carboxylic acids is 1. The van der Waals surface area contributed by atoms with Gasteiger partial charge in [0.05, 0.1) is 0 Å². The number of carbonyl (C=O) groups is 2. The second-order valence-corrected chi connectivity index (χ2v) is 4.43. The van der Waals surface area contributed by atoms with Crippen LogP contribution in [0, 0.1) is 6.92 Å². The summed E-state index contributed by atoms with van der Waals surface area (Å²) in [6, 6.07) is 6.89. The first-order valence-electron chi connectivity index (χ1n) is 6.31. The molecule has 0 saturated heterocycles. The number of aryl methyl sites for hydroxylation is 1. The van der Waals surface area contributed by atoms with Crippen molar-refractivity contribution in [3.63, 3.8) is 0 Å². The fourth-order valence-corrected chi connectivity index (χ4v) is 1.62. The van der Waals surface area contributed by atoms with E-state index in [1.807, 2.05) is 38.1 Å². The summed E-state index contributed by atoms with van der Waals surface area (Å²) < 4.78 is 0. The zero-order valence-corrected chi connectivity index (χ0v) is 11.2. The minimum Gasteiger partial charge on any atom is -0.480 e. The van der Waals surface area contributed by atoms with Crippen molar-refractivity contribution >= 4 is 18.0 Å². The zero-order valence-electron chi connectivity index (χ0n) is 11.2. The largest absolute Gasteiger partial charge is 0.480 e. The lowest BCUT2D eigenvalue weighted by Crippen LogP contribution is -2.39. The van der Waals surface area contributed by atoms with E-state index in [2.05, 4.69) is 5.32 Å². The number of nitrogens with one attached hydrogen (secondary N) is 1. The van der Waals surface area contributed by atoms with Crippen molar-refractivity contribution < 1.29 is 14.7 Å². The summed E-state index contributed by atoms with van der Waals surface area (Å²) in [7, 11) is 0. The maximum absolute atomic E-state index is 11.6. The van der Waals surface area contributed by atoms with Gasteiger partial charge in [-0.05, 0) is 25.0 Å². The fourth-order valence-electron chi connectivity index (χ4n) is 1.62. The Morgan fingerprint density at radius 1 is 1.32 bits per heavy atom. The monoisotopic (exact) mass is 261 g/mol. The third-order valence-corrected chi connectivity index (χ3v) is 2.70. The van der Waals surface area contributed by atoms with Crippen molar-refractivity contribution in [1.29, 1.82) is 0 Å². The highest BCUT2D eigenvalue weighted by atomic mass is 16.4. The van der Waals surface area contributed by atoms with Gasteiger partial charge < -0.3 is 10.4 Å². The van der Waals surface area contributed by atoms with Crippen LogP contribution in [0.5, 0.6) is 0 Å². The van der Waals surface area contributed by atoms with E-state index in [0.717, 1.165) is 11.1 Å². The van der Waals surface area contributed by atoms with E-state index in [9.17, 15) is 9.59 Å². The molecule has 0 aliphatic rings. The highest BCUT2D eigenvalue weighted by molar-refractivity contribution is 5.94. The van der Waals surface area contributed by atoms with Gasteiger partial charge in [0.1, 0.15) is 6.04 Å². The summed E-state index contributed by atoms with van der Waals surface area (Å²) in [5, 5.41) is 11.4. The number of benzene rings is 1. The van der Waals surface area contributed by atoms with Gasteiger partial charge in [0.2, 0.25) is 5.91 Å². The molecule has 1 aromatic rings. The molecule has 0 saturated carbocycles. The number of amides is 1. The molecule has 0 radical (unpaired) electrons. The van der Waals surface area contributed by atoms with Crippen LogP contribution in [0.2, 0.25) is 0 Å². The molecule has 0 aliphatic carbocycles. The molecule has 4 nitrogen and oxygen atoms in total. The predicted molar refractivity (Wildman–Crippen MR) is 74.7 cm³/mol. The number of carboxylic acids is 1. The number of hydrogen-bond donors (Lipinski definition) is 2. The minimum absolute atomic E-state index is 0.388. The average molecular weight is 261 g/mol. The summed E-state index contributed by atoms with van der Waals surface area (Å²) in [4.78, 5) is 22.5. The molecule has 1 atom stereocenters. The molecular formula is C15H19NO3. The van der Waals surface area contributed by atoms with Gasteiger partial charge in [0, 0.05) is 6.08 Å². The van der Waals surface area contributed by atoms with Crippen LogP contribution in [-0.4, -0.2) is 23.0 Å². The van der Waals surface area contributed by atoms with Crippen LogP contribution in [0.4, 0.5) is 0 Å². The molecule has 0 aliphatic heterocycles. The van der Waals surface area contributed by atoms with Gasteiger partial charge in [-0.25, -0.2) is 4.79 Å². The smallest absolute Gasteiger partial charge is 0.326 e. The quantitative estimate of drug-likeness (QED) is 0.773. The van der Waals surface area contributed by atoms with Crippen LogP contribution in [0.25, 0.3) is 6.08 Å². The maximum Gasteiger partial charge on any atom is 0.326 e. The molecule has 19 heavy (non-hydrogen) atoms. The van der Waals surface area contributed by atoms with Crippen molar-refractivity contribution in [1.82, 2.24) is 5.32 Å². The Labute approximate surface area is 113 Å². The Kier molecular flexibility index (Phi) is 5.79. The van der Waals surface area contributed by atoms with Crippen molar-refractivity contribution in [2.24, 2.45) is 0 Å². The number of rotatable bonds is 6. The molecule has 0 heterocycles. The van der Waals surface area contributed by atoms with Crippen LogP contribution in [0.1, 0.15) is 30.9 Å². The second-order valence-electron chi connectivity index (χ2n) is 4.43. The summed E-state index contributed by atoms with van der Waals surface area (Å²) in [5.41, 5.74) is 2.05. The minimum atomic E-state index is -1.00. The molecule has 0 fully saturated rings. The van der Waals surface area contributed by atoms with Crippen molar-refractivity contribution in [2.75, 3.05) is 0 Å². The van der Waals surface area contributed by atoms with Crippen LogP contribution in [-0.2, 0) is 9.59 Å². The maximum atomic E-state index is 11.6. The standard InChI is InChI=1S/C15H19NO3/c1-3-4-13(15(18)19)16-14(17)10-9-12-7-5-11(2)6-8-12/h5-10,13H,3-4H2,1-2H3,(H,16,17)(H,18,19)/b10-9+. The Bertz CT molecular complexity index is 463. The molecule has 2 N–H and O–H groups in total. The third kappa shape index (κ3) is 5.38. The van der Waals surface area contributed by atoms with Crippen LogP contribution < -0.4 is 5.32 Å². The van der Waals surface area contributed by atoms with Gasteiger partial charge in [-0.2, -0.15) is 0 Å². The molecule has 1 amide bonds. The van der Waals surface area contributed by atoms with E-state index in [1.54, 1.807) is 6.08 Å². The van der Waals surface area contributed by atoms with E-state index in [-0.39, 0.29) is 5.91 Å². The molecular weight excluding hydrogens is 242 g/mol. The Hall–Kier alpha value is -2.10. The first kappa shape index (κ1) is 15.0. The fraction of sp³-hybridized carbons (Fsp3) is 0.333. The summed E-state index contributed by atoms with van der Waals surface area (Å²) in [5.74, 6) is -1.39. The highest BCUT2D eigenvalue weighted by Crippen LogP contribution is 2.05. The lowest BCUT2D eigenvalue weighted by Gasteiger charge is -2.11. The molecule has 0 spiro atoms. The van der Waals surface area contributed by atoms with Gasteiger partial charge in [-0.15, -0.1) is 0 Å². The second kappa shape index (κ2) is 7.36. The first-order valence-corrected chi connectivity index (χ1v) is 6.31. The van der Waals surface area contributed by atoms with E-state index >= 15 is 0 Å². The number of carbonyl (C=O) groups excluding carboxylic acids is 1. The van der Waals surface area contributed by atoms with E-state index in [4.69, 9.17) is 5.11 Å². The zero-order chi connectivity index (χ0) is 14.3. The molecule has 1 aromatic carbocycles. The topological polar surface area (TPSA) is 66.4 Å². The lowest BCUT2D eigenvalue weighted by atomic mass is 10.1. The number of carboxylic acid groups (broad SMARTS) is 1. The Morgan fingerprint density at radius 2 is 1.95 bits per heavy atom.